The van der Waals surface area contributed by atoms with E-state index in [1.807, 2.05) is 4.90 Å². The van der Waals surface area contributed by atoms with Crippen LogP contribution >= 0.6 is 0 Å². The zero-order chi connectivity index (χ0) is 11.3. The van der Waals surface area contributed by atoms with Gasteiger partial charge in [0.15, 0.2) is 0 Å². The molecule has 2 N–H and O–H groups in total. The maximum Gasteiger partial charge on any atom is 0.239 e. The fourth-order valence-electron chi connectivity index (χ4n) is 1.81. The highest BCUT2D eigenvalue weighted by Gasteiger charge is 2.22. The summed E-state index contributed by atoms with van der Waals surface area (Å²) in [6.45, 7) is 7.02. The summed E-state index contributed by atoms with van der Waals surface area (Å²) in [6, 6.07) is -0.344. The molecule has 1 fully saturated rings. The van der Waals surface area contributed by atoms with Gasteiger partial charge < -0.3 is 15.4 Å². The molecule has 1 aliphatic rings. The highest BCUT2D eigenvalue weighted by molar-refractivity contribution is 5.81. The molecule has 15 heavy (non-hydrogen) atoms. The molecule has 0 aromatic rings. The Hall–Kier alpha value is -0.610. The quantitative estimate of drug-likeness (QED) is 0.749. The van der Waals surface area contributed by atoms with Crippen LogP contribution in [0.3, 0.4) is 0 Å². The molecule has 1 rings (SSSR count). The van der Waals surface area contributed by atoms with Gasteiger partial charge in [-0.2, -0.15) is 0 Å². The summed E-state index contributed by atoms with van der Waals surface area (Å²) in [5, 5.41) is 0. The molecule has 0 spiro atoms. The van der Waals surface area contributed by atoms with Gasteiger partial charge >= 0.3 is 0 Å². The molecule has 0 aromatic carbocycles. The first kappa shape index (κ1) is 12.5. The summed E-state index contributed by atoms with van der Waals surface area (Å²) >= 11 is 0. The van der Waals surface area contributed by atoms with Gasteiger partial charge in [-0.1, -0.05) is 13.8 Å². The Morgan fingerprint density at radius 3 is 2.80 bits per heavy atom. The summed E-state index contributed by atoms with van der Waals surface area (Å²) < 4.78 is 5.30. The van der Waals surface area contributed by atoms with Crippen LogP contribution in [-0.4, -0.2) is 43.2 Å². The number of nitrogens with two attached hydrogens (primary N) is 1. The van der Waals surface area contributed by atoms with E-state index in [1.165, 1.54) is 0 Å². The van der Waals surface area contributed by atoms with Gasteiger partial charge in [0.1, 0.15) is 0 Å². The number of hydrogen-bond donors (Lipinski definition) is 1. The average molecular weight is 214 g/mol. The van der Waals surface area contributed by atoms with Gasteiger partial charge in [-0.15, -0.1) is 0 Å². The van der Waals surface area contributed by atoms with Crippen LogP contribution in [0, 0.1) is 5.92 Å². The Labute approximate surface area is 91.8 Å². The molecular formula is C11H22N2O2. The van der Waals surface area contributed by atoms with E-state index in [0.717, 1.165) is 26.0 Å². The molecule has 0 unspecified atom stereocenters. The molecule has 1 amide bonds. The Morgan fingerprint density at radius 1 is 1.40 bits per heavy atom. The van der Waals surface area contributed by atoms with Gasteiger partial charge in [0.05, 0.1) is 12.6 Å². The van der Waals surface area contributed by atoms with E-state index in [0.29, 0.717) is 19.1 Å². The molecule has 0 aliphatic carbocycles. The molecule has 4 heteroatoms. The summed E-state index contributed by atoms with van der Waals surface area (Å²) in [5.41, 5.74) is 5.87. The van der Waals surface area contributed by atoms with E-state index in [1.54, 1.807) is 0 Å². The third kappa shape index (κ3) is 4.18. The second kappa shape index (κ2) is 6.08. The van der Waals surface area contributed by atoms with E-state index >= 15 is 0 Å². The first-order chi connectivity index (χ1) is 7.11. The van der Waals surface area contributed by atoms with Gasteiger partial charge in [0.2, 0.25) is 5.91 Å². The zero-order valence-electron chi connectivity index (χ0n) is 9.74. The van der Waals surface area contributed by atoms with Crippen LogP contribution in [0.4, 0.5) is 0 Å². The van der Waals surface area contributed by atoms with Crippen molar-refractivity contribution in [1.82, 2.24) is 4.90 Å². The van der Waals surface area contributed by atoms with Gasteiger partial charge in [-0.25, -0.2) is 0 Å². The molecule has 0 bridgehead atoms. The third-order valence-electron chi connectivity index (χ3n) is 2.58. The highest BCUT2D eigenvalue weighted by atomic mass is 16.5. The molecule has 4 nitrogen and oxygen atoms in total. The average Bonchev–Trinajstić information content (AvgIpc) is 2.43. The van der Waals surface area contributed by atoms with E-state index < -0.39 is 0 Å². The van der Waals surface area contributed by atoms with Crippen LogP contribution in [0.25, 0.3) is 0 Å². The van der Waals surface area contributed by atoms with Crippen LogP contribution in [0.15, 0.2) is 0 Å². The predicted octanol–water partition coefficient (Wildman–Crippen LogP) is 0.609. The van der Waals surface area contributed by atoms with Crippen molar-refractivity contribution in [2.75, 3.05) is 26.3 Å². The normalized spacial score (nSPS) is 20.1. The molecule has 0 aromatic heterocycles. The van der Waals surface area contributed by atoms with Crippen LogP contribution in [-0.2, 0) is 9.53 Å². The topological polar surface area (TPSA) is 55.6 Å². The number of rotatable bonds is 3. The van der Waals surface area contributed by atoms with Crippen molar-refractivity contribution in [2.45, 2.75) is 32.7 Å². The maximum absolute atomic E-state index is 11.9. The van der Waals surface area contributed by atoms with E-state index in [9.17, 15) is 4.79 Å². The number of carbonyl (C=O) groups excluding carboxylic acids is 1. The number of nitrogens with zero attached hydrogens (tertiary/aromatic N) is 1. The molecule has 1 saturated heterocycles. The van der Waals surface area contributed by atoms with Crippen molar-refractivity contribution in [3.8, 4) is 0 Å². The van der Waals surface area contributed by atoms with Crippen molar-refractivity contribution in [3.63, 3.8) is 0 Å². The minimum atomic E-state index is -0.344. The molecule has 0 saturated carbocycles. The molecule has 0 radical (unpaired) electrons. The van der Waals surface area contributed by atoms with E-state index in [4.69, 9.17) is 10.5 Å². The molecule has 1 atom stereocenters. The van der Waals surface area contributed by atoms with Gasteiger partial charge in [0, 0.05) is 19.7 Å². The maximum atomic E-state index is 11.9. The van der Waals surface area contributed by atoms with Crippen molar-refractivity contribution in [2.24, 2.45) is 11.7 Å². The Balaban J connectivity index is 2.42. The van der Waals surface area contributed by atoms with Crippen LogP contribution in [0.2, 0.25) is 0 Å². The fraction of sp³-hybridized carbons (Fsp3) is 0.909. The summed E-state index contributed by atoms with van der Waals surface area (Å²) in [5.74, 6) is 0.543. The first-order valence-corrected chi connectivity index (χ1v) is 5.73. The minimum absolute atomic E-state index is 0.0780. The van der Waals surface area contributed by atoms with E-state index in [2.05, 4.69) is 13.8 Å². The van der Waals surface area contributed by atoms with E-state index in [-0.39, 0.29) is 11.9 Å². The Kier molecular flexibility index (Phi) is 5.05. The number of amides is 1. The minimum Gasteiger partial charge on any atom is -0.380 e. The van der Waals surface area contributed by atoms with Crippen LogP contribution in [0.1, 0.15) is 26.7 Å². The molecular weight excluding hydrogens is 192 g/mol. The largest absolute Gasteiger partial charge is 0.380 e. The second-order valence-corrected chi connectivity index (χ2v) is 4.53. The summed E-state index contributed by atoms with van der Waals surface area (Å²) in [4.78, 5) is 13.8. The smallest absolute Gasteiger partial charge is 0.239 e. The summed E-state index contributed by atoms with van der Waals surface area (Å²) in [6.07, 6.45) is 1.68. The lowest BCUT2D eigenvalue weighted by atomic mass is 10.0. The SMILES string of the molecule is CC(C)C[C@H](N)C(=O)N1CCCOCC1. The zero-order valence-corrected chi connectivity index (χ0v) is 9.74. The van der Waals surface area contributed by atoms with Crippen molar-refractivity contribution >= 4 is 5.91 Å². The fourth-order valence-corrected chi connectivity index (χ4v) is 1.81. The number of ether oxygens (including phenoxy) is 1. The van der Waals surface area contributed by atoms with Crippen LogP contribution < -0.4 is 5.73 Å². The first-order valence-electron chi connectivity index (χ1n) is 5.73. The van der Waals surface area contributed by atoms with Crippen molar-refractivity contribution in [3.05, 3.63) is 0 Å². The molecule has 88 valence electrons. The lowest BCUT2D eigenvalue weighted by molar-refractivity contribution is -0.133. The lowest BCUT2D eigenvalue weighted by Crippen LogP contribution is -2.45. The van der Waals surface area contributed by atoms with Crippen molar-refractivity contribution in [1.29, 1.82) is 0 Å². The number of carbonyl (C=O) groups is 1. The monoisotopic (exact) mass is 214 g/mol. The Bertz CT molecular complexity index is 199. The van der Waals surface area contributed by atoms with Gasteiger partial charge in [-0.3, -0.25) is 4.79 Å². The van der Waals surface area contributed by atoms with Crippen LogP contribution in [0.5, 0.6) is 0 Å². The number of hydrogen-bond acceptors (Lipinski definition) is 3. The van der Waals surface area contributed by atoms with Gasteiger partial charge in [0.25, 0.3) is 0 Å². The van der Waals surface area contributed by atoms with Crippen molar-refractivity contribution < 1.29 is 9.53 Å². The lowest BCUT2D eigenvalue weighted by Gasteiger charge is -2.24. The van der Waals surface area contributed by atoms with Gasteiger partial charge in [-0.05, 0) is 18.8 Å². The summed E-state index contributed by atoms with van der Waals surface area (Å²) in [7, 11) is 0. The Morgan fingerprint density at radius 2 is 2.13 bits per heavy atom. The standard InChI is InChI=1S/C11H22N2O2/c1-9(2)8-10(12)11(14)13-4-3-6-15-7-5-13/h9-10H,3-8,12H2,1-2H3/t10-/m0/s1. The molecule has 1 aliphatic heterocycles. The highest BCUT2D eigenvalue weighted by Crippen LogP contribution is 2.07. The molecule has 1 heterocycles. The second-order valence-electron chi connectivity index (χ2n) is 4.53. The predicted molar refractivity (Wildman–Crippen MR) is 59.4 cm³/mol. The third-order valence-corrected chi connectivity index (χ3v) is 2.58.